The molecule has 69 heavy (non-hydrogen) atoms. The lowest BCUT2D eigenvalue weighted by atomic mass is 9.88. The molecule has 1 aliphatic rings. The van der Waals surface area contributed by atoms with Crippen LogP contribution in [0, 0.1) is 0 Å². The predicted octanol–water partition coefficient (Wildman–Crippen LogP) is 18.3. The van der Waals surface area contributed by atoms with Gasteiger partial charge in [0.25, 0.3) is 0 Å². The molecular formula is C67H42N2. The summed E-state index contributed by atoms with van der Waals surface area (Å²) < 4.78 is 2.45. The van der Waals surface area contributed by atoms with Crippen LogP contribution in [-0.2, 0) is 0 Å². The molecule has 2 aromatic heterocycles. The number of fused-ring (bicyclic) bond motifs is 15. The molecule has 0 radical (unpaired) electrons. The highest BCUT2D eigenvalue weighted by Gasteiger charge is 2.29. The largest absolute Gasteiger partial charge is 0.310 e. The zero-order valence-corrected chi connectivity index (χ0v) is 37.6. The standard InChI is InChI=1S/C67H42N2/c1-2-15-52-50(13-1)51-14-3-4-18-55(51)61-41-49(37-38-56(52)61)68(47-33-29-43(30-34-47)42-25-27-45(28-26-42)66-59-21-7-5-16-53(59)54-17-6-8-22-60(54)66)48-35-31-44(32-36-48)46-39-62-57-19-9-11-23-64(57)69-65-24-12-10-20-58(65)63(40-46)67(62)69/h1-41,66H. The van der Waals surface area contributed by atoms with Gasteiger partial charge in [-0.1, -0.05) is 188 Å². The number of benzene rings is 12. The van der Waals surface area contributed by atoms with E-state index in [1.54, 1.807) is 0 Å². The monoisotopic (exact) mass is 874 g/mol. The number of hydrogen-bond donors (Lipinski definition) is 0. The first-order valence-corrected chi connectivity index (χ1v) is 24.0. The van der Waals surface area contributed by atoms with E-state index in [4.69, 9.17) is 0 Å². The van der Waals surface area contributed by atoms with E-state index in [1.165, 1.54) is 120 Å². The zero-order valence-electron chi connectivity index (χ0n) is 37.6. The summed E-state index contributed by atoms with van der Waals surface area (Å²) in [6.07, 6.45) is 0. The molecule has 0 aliphatic heterocycles. The minimum atomic E-state index is 0.232. The molecule has 1 aliphatic carbocycles. The van der Waals surface area contributed by atoms with Crippen molar-refractivity contribution in [3.05, 3.63) is 265 Å². The average Bonchev–Trinajstić information content (AvgIpc) is 4.07. The maximum Gasteiger partial charge on any atom is 0.0620 e. The minimum Gasteiger partial charge on any atom is -0.310 e. The fraction of sp³-hybridized carbons (Fsp3) is 0.0149. The molecule has 2 heterocycles. The Balaban J connectivity index is 0.845. The molecule has 0 amide bonds. The Labute approximate surface area is 399 Å². The summed E-state index contributed by atoms with van der Waals surface area (Å²) in [5, 5.41) is 12.8. The van der Waals surface area contributed by atoms with Crippen LogP contribution in [0.3, 0.4) is 0 Å². The Morgan fingerprint density at radius 3 is 1.19 bits per heavy atom. The molecule has 0 saturated heterocycles. The third-order valence-corrected chi connectivity index (χ3v) is 15.2. The van der Waals surface area contributed by atoms with E-state index in [0.717, 1.165) is 17.1 Å². The molecule has 0 fully saturated rings. The van der Waals surface area contributed by atoms with Gasteiger partial charge in [0.15, 0.2) is 0 Å². The van der Waals surface area contributed by atoms with Gasteiger partial charge in [0.2, 0.25) is 0 Å². The second-order valence-electron chi connectivity index (χ2n) is 18.8. The van der Waals surface area contributed by atoms with Crippen molar-refractivity contribution in [3.8, 4) is 33.4 Å². The van der Waals surface area contributed by atoms with Gasteiger partial charge >= 0.3 is 0 Å². The Morgan fingerprint density at radius 1 is 0.275 bits per heavy atom. The lowest BCUT2D eigenvalue weighted by molar-refractivity contribution is 1.02. The summed E-state index contributed by atoms with van der Waals surface area (Å²) in [7, 11) is 0. The molecule has 12 aromatic carbocycles. The first kappa shape index (κ1) is 38.2. The van der Waals surface area contributed by atoms with Crippen LogP contribution in [0.2, 0.25) is 0 Å². The van der Waals surface area contributed by atoms with Crippen LogP contribution in [0.25, 0.3) is 104 Å². The van der Waals surface area contributed by atoms with E-state index in [1.807, 2.05) is 0 Å². The third kappa shape index (κ3) is 5.67. The lowest BCUT2D eigenvalue weighted by Crippen LogP contribution is -2.10. The number of para-hydroxylation sites is 2. The van der Waals surface area contributed by atoms with E-state index in [2.05, 4.69) is 258 Å². The second kappa shape index (κ2) is 14.8. The maximum atomic E-state index is 2.45. The molecule has 0 saturated carbocycles. The highest BCUT2D eigenvalue weighted by Crippen LogP contribution is 2.49. The van der Waals surface area contributed by atoms with Crippen molar-refractivity contribution in [1.29, 1.82) is 0 Å². The van der Waals surface area contributed by atoms with Crippen molar-refractivity contribution in [2.45, 2.75) is 5.92 Å². The van der Waals surface area contributed by atoms with Crippen molar-refractivity contribution in [3.63, 3.8) is 0 Å². The molecule has 2 heteroatoms. The summed E-state index contributed by atoms with van der Waals surface area (Å²) in [5.41, 5.74) is 18.7. The second-order valence-corrected chi connectivity index (χ2v) is 18.8. The molecule has 14 aromatic rings. The van der Waals surface area contributed by atoms with Gasteiger partial charge in [-0.15, -0.1) is 0 Å². The van der Waals surface area contributed by atoms with Gasteiger partial charge in [-0.25, -0.2) is 0 Å². The van der Waals surface area contributed by atoms with Crippen molar-refractivity contribution in [2.24, 2.45) is 0 Å². The Morgan fingerprint density at radius 2 is 0.667 bits per heavy atom. The normalized spacial score (nSPS) is 12.6. The van der Waals surface area contributed by atoms with Crippen LogP contribution in [0.1, 0.15) is 22.6 Å². The van der Waals surface area contributed by atoms with Gasteiger partial charge < -0.3 is 9.30 Å². The van der Waals surface area contributed by atoms with Gasteiger partial charge in [-0.3, -0.25) is 0 Å². The number of nitrogens with zero attached hydrogens (tertiary/aromatic N) is 2. The van der Waals surface area contributed by atoms with E-state index in [9.17, 15) is 0 Å². The molecule has 0 bridgehead atoms. The quantitative estimate of drug-likeness (QED) is 0.151. The van der Waals surface area contributed by atoms with Crippen LogP contribution in [0.15, 0.2) is 249 Å². The zero-order chi connectivity index (χ0) is 45.2. The predicted molar refractivity (Wildman–Crippen MR) is 292 cm³/mol. The van der Waals surface area contributed by atoms with Crippen molar-refractivity contribution < 1.29 is 0 Å². The van der Waals surface area contributed by atoms with Crippen LogP contribution in [0.5, 0.6) is 0 Å². The number of rotatable bonds is 6. The van der Waals surface area contributed by atoms with Crippen LogP contribution in [-0.4, -0.2) is 4.40 Å². The fourth-order valence-corrected chi connectivity index (χ4v) is 12.1. The topological polar surface area (TPSA) is 7.65 Å². The summed E-state index contributed by atoms with van der Waals surface area (Å²) in [5.74, 6) is 0.232. The molecule has 2 nitrogen and oxygen atoms in total. The smallest absolute Gasteiger partial charge is 0.0620 e. The fourth-order valence-electron chi connectivity index (χ4n) is 12.1. The SMILES string of the molecule is c1ccc2c(c1)-c1ccccc1C2c1ccc(-c2ccc(N(c3ccc(-c4cc5c6ccccc6n6c7ccccc7c(c4)c56)cc3)c3ccc4c5ccccc5c5ccccc5c4c3)cc2)cc1. The molecule has 15 rings (SSSR count). The minimum absolute atomic E-state index is 0.232. The lowest BCUT2D eigenvalue weighted by Gasteiger charge is -2.27. The van der Waals surface area contributed by atoms with Crippen LogP contribution < -0.4 is 4.90 Å². The van der Waals surface area contributed by atoms with E-state index >= 15 is 0 Å². The average molecular weight is 875 g/mol. The Hall–Kier alpha value is -8.98. The highest BCUT2D eigenvalue weighted by molar-refractivity contribution is 6.26. The first-order chi connectivity index (χ1) is 34.2. The summed E-state index contributed by atoms with van der Waals surface area (Å²) in [6.45, 7) is 0. The summed E-state index contributed by atoms with van der Waals surface area (Å²) in [4.78, 5) is 2.42. The molecule has 0 N–H and O–H groups in total. The first-order valence-electron chi connectivity index (χ1n) is 24.0. The third-order valence-electron chi connectivity index (χ3n) is 15.2. The van der Waals surface area contributed by atoms with Gasteiger partial charge in [0.1, 0.15) is 0 Å². The van der Waals surface area contributed by atoms with Crippen molar-refractivity contribution in [1.82, 2.24) is 4.40 Å². The number of hydrogen-bond acceptors (Lipinski definition) is 1. The number of anilines is 3. The highest BCUT2D eigenvalue weighted by atomic mass is 15.1. The van der Waals surface area contributed by atoms with Crippen molar-refractivity contribution in [2.75, 3.05) is 4.90 Å². The van der Waals surface area contributed by atoms with E-state index in [0.29, 0.717) is 0 Å². The van der Waals surface area contributed by atoms with Gasteiger partial charge in [-0.2, -0.15) is 0 Å². The molecule has 0 spiro atoms. The number of aromatic nitrogens is 1. The van der Waals surface area contributed by atoms with E-state index in [-0.39, 0.29) is 5.92 Å². The molecule has 320 valence electrons. The molecule has 0 atom stereocenters. The Bertz CT molecular complexity index is 4180. The van der Waals surface area contributed by atoms with Gasteiger partial charge in [0.05, 0.1) is 16.6 Å². The summed E-state index contributed by atoms with van der Waals surface area (Å²) >= 11 is 0. The maximum absolute atomic E-state index is 2.45. The molecular weight excluding hydrogens is 833 g/mol. The van der Waals surface area contributed by atoms with Gasteiger partial charge in [-0.05, 0) is 143 Å². The van der Waals surface area contributed by atoms with Crippen LogP contribution >= 0.6 is 0 Å². The van der Waals surface area contributed by atoms with Crippen LogP contribution in [0.4, 0.5) is 17.1 Å². The van der Waals surface area contributed by atoms with Crippen molar-refractivity contribution >= 4 is 87.5 Å². The Kier molecular flexibility index (Phi) is 8.16. The van der Waals surface area contributed by atoms with Gasteiger partial charge in [0, 0.05) is 44.5 Å². The molecule has 0 unspecified atom stereocenters. The summed E-state index contributed by atoms with van der Waals surface area (Å²) in [6, 6.07) is 92.4. The van der Waals surface area contributed by atoms with E-state index < -0.39 is 0 Å².